The quantitative estimate of drug-likeness (QED) is 0.911. The minimum absolute atomic E-state index is 0.217. The molecule has 0 spiro atoms. The van der Waals surface area contributed by atoms with Crippen LogP contribution < -0.4 is 5.32 Å². The Hall–Kier alpha value is -1.38. The molecule has 0 bridgehead atoms. The van der Waals surface area contributed by atoms with E-state index in [1.807, 2.05) is 0 Å². The first-order valence-electron chi connectivity index (χ1n) is 5.72. The van der Waals surface area contributed by atoms with E-state index in [0.717, 1.165) is 4.47 Å². The lowest BCUT2D eigenvalue weighted by Gasteiger charge is -2.31. The Labute approximate surface area is 114 Å². The molecule has 0 saturated carbocycles. The van der Waals surface area contributed by atoms with E-state index in [-0.39, 0.29) is 5.91 Å². The molecule has 1 aromatic carbocycles. The maximum absolute atomic E-state index is 12.1. The largest absolute Gasteiger partial charge is 0.381 e. The summed E-state index contributed by atoms with van der Waals surface area (Å²) >= 11 is 3.32. The number of nitriles is 1. The third-order valence-electron chi connectivity index (χ3n) is 3.02. The molecular weight excluding hydrogens is 296 g/mol. The number of halogens is 1. The summed E-state index contributed by atoms with van der Waals surface area (Å²) in [6.07, 6.45) is 1.07. The zero-order valence-corrected chi connectivity index (χ0v) is 11.4. The molecule has 94 valence electrons. The van der Waals surface area contributed by atoms with E-state index in [1.54, 1.807) is 24.3 Å². The Bertz CT molecular complexity index is 473. The van der Waals surface area contributed by atoms with Crippen molar-refractivity contribution in [1.82, 2.24) is 5.32 Å². The Morgan fingerprint density at radius 1 is 1.33 bits per heavy atom. The van der Waals surface area contributed by atoms with E-state index in [1.165, 1.54) is 0 Å². The van der Waals surface area contributed by atoms with Crippen LogP contribution in [0.2, 0.25) is 0 Å². The molecule has 0 atom stereocenters. The van der Waals surface area contributed by atoms with Crippen molar-refractivity contribution in [2.75, 3.05) is 13.2 Å². The third kappa shape index (κ3) is 2.89. The van der Waals surface area contributed by atoms with E-state index in [0.29, 0.717) is 31.6 Å². The molecule has 1 fully saturated rings. The molecule has 0 aliphatic carbocycles. The van der Waals surface area contributed by atoms with E-state index in [9.17, 15) is 10.1 Å². The van der Waals surface area contributed by atoms with Crippen molar-refractivity contribution >= 4 is 21.8 Å². The van der Waals surface area contributed by atoms with Crippen molar-refractivity contribution < 1.29 is 9.53 Å². The normalized spacial score (nSPS) is 17.8. The minimum Gasteiger partial charge on any atom is -0.381 e. The first-order valence-corrected chi connectivity index (χ1v) is 6.52. The van der Waals surface area contributed by atoms with Gasteiger partial charge in [-0.3, -0.25) is 4.79 Å². The average Bonchev–Trinajstić information content (AvgIpc) is 2.40. The molecule has 0 unspecified atom stereocenters. The van der Waals surface area contributed by atoms with Crippen LogP contribution in [0.1, 0.15) is 23.2 Å². The zero-order valence-electron chi connectivity index (χ0n) is 9.78. The number of amides is 1. The van der Waals surface area contributed by atoms with Crippen molar-refractivity contribution in [2.24, 2.45) is 0 Å². The standard InChI is InChI=1S/C13H13BrN2O2/c14-11-3-1-10(2-4-11)12(17)16-13(9-15)5-7-18-8-6-13/h1-4H,5-8H2,(H,16,17). The van der Waals surface area contributed by atoms with Crippen LogP contribution in [0.25, 0.3) is 0 Å². The highest BCUT2D eigenvalue weighted by atomic mass is 79.9. The van der Waals surface area contributed by atoms with E-state index >= 15 is 0 Å². The van der Waals surface area contributed by atoms with Gasteiger partial charge in [-0.15, -0.1) is 0 Å². The molecule has 1 saturated heterocycles. The number of benzene rings is 1. The van der Waals surface area contributed by atoms with Crippen molar-refractivity contribution in [3.05, 3.63) is 34.3 Å². The zero-order chi connectivity index (χ0) is 13.0. The van der Waals surface area contributed by atoms with Crippen LogP contribution in [0.4, 0.5) is 0 Å². The fraction of sp³-hybridized carbons (Fsp3) is 0.385. The molecule has 18 heavy (non-hydrogen) atoms. The van der Waals surface area contributed by atoms with E-state index < -0.39 is 5.54 Å². The van der Waals surface area contributed by atoms with Gasteiger partial charge in [0, 0.05) is 36.1 Å². The number of rotatable bonds is 2. The molecule has 2 rings (SSSR count). The van der Waals surface area contributed by atoms with Gasteiger partial charge in [0.25, 0.3) is 5.91 Å². The van der Waals surface area contributed by atoms with Crippen LogP contribution in [-0.4, -0.2) is 24.7 Å². The maximum Gasteiger partial charge on any atom is 0.252 e. The number of nitrogens with one attached hydrogen (secondary N) is 1. The third-order valence-corrected chi connectivity index (χ3v) is 3.55. The summed E-state index contributed by atoms with van der Waals surface area (Å²) in [5.74, 6) is -0.217. The number of hydrogen-bond acceptors (Lipinski definition) is 3. The predicted molar refractivity (Wildman–Crippen MR) is 70.0 cm³/mol. The number of carbonyl (C=O) groups is 1. The molecule has 1 N–H and O–H groups in total. The van der Waals surface area contributed by atoms with E-state index in [4.69, 9.17) is 4.74 Å². The maximum atomic E-state index is 12.1. The number of carbonyl (C=O) groups excluding carboxylic acids is 1. The van der Waals surface area contributed by atoms with Crippen molar-refractivity contribution in [3.63, 3.8) is 0 Å². The van der Waals surface area contributed by atoms with E-state index in [2.05, 4.69) is 27.3 Å². The molecule has 1 heterocycles. The smallest absolute Gasteiger partial charge is 0.252 e. The van der Waals surface area contributed by atoms with Gasteiger partial charge < -0.3 is 10.1 Å². The number of nitrogens with zero attached hydrogens (tertiary/aromatic N) is 1. The topological polar surface area (TPSA) is 62.1 Å². The highest BCUT2D eigenvalue weighted by Crippen LogP contribution is 2.20. The molecule has 0 aromatic heterocycles. The summed E-state index contributed by atoms with van der Waals surface area (Å²) in [6, 6.07) is 9.27. The lowest BCUT2D eigenvalue weighted by Crippen LogP contribution is -2.50. The van der Waals surface area contributed by atoms with Gasteiger partial charge in [-0.2, -0.15) is 5.26 Å². The van der Waals surface area contributed by atoms with Gasteiger partial charge in [0.1, 0.15) is 5.54 Å². The lowest BCUT2D eigenvalue weighted by molar-refractivity contribution is 0.0531. The second kappa shape index (κ2) is 5.51. The van der Waals surface area contributed by atoms with Gasteiger partial charge in [0.05, 0.1) is 6.07 Å². The average molecular weight is 309 g/mol. The van der Waals surface area contributed by atoms with Crippen LogP contribution in [0.5, 0.6) is 0 Å². The predicted octanol–water partition coefficient (Wildman–Crippen LogP) is 2.25. The Kier molecular flexibility index (Phi) is 4.00. The number of ether oxygens (including phenoxy) is 1. The summed E-state index contributed by atoms with van der Waals surface area (Å²) < 4.78 is 6.14. The minimum atomic E-state index is -0.789. The van der Waals surface area contributed by atoms with Crippen LogP contribution in [0.15, 0.2) is 28.7 Å². The van der Waals surface area contributed by atoms with Crippen LogP contribution in [-0.2, 0) is 4.74 Å². The van der Waals surface area contributed by atoms with Gasteiger partial charge in [-0.05, 0) is 24.3 Å². The van der Waals surface area contributed by atoms with Crippen molar-refractivity contribution in [1.29, 1.82) is 5.26 Å². The Balaban J connectivity index is 2.10. The first kappa shape index (κ1) is 13.1. The molecule has 4 nitrogen and oxygen atoms in total. The van der Waals surface area contributed by atoms with Gasteiger partial charge >= 0.3 is 0 Å². The summed E-state index contributed by atoms with van der Waals surface area (Å²) in [5, 5.41) is 12.1. The fourth-order valence-corrected chi connectivity index (χ4v) is 2.14. The van der Waals surface area contributed by atoms with Crippen molar-refractivity contribution in [3.8, 4) is 6.07 Å². The SMILES string of the molecule is N#CC1(NC(=O)c2ccc(Br)cc2)CCOCC1. The molecule has 1 aliphatic rings. The monoisotopic (exact) mass is 308 g/mol. The van der Waals surface area contributed by atoms with Gasteiger partial charge in [-0.25, -0.2) is 0 Å². The van der Waals surface area contributed by atoms with Gasteiger partial charge in [0.15, 0.2) is 0 Å². The first-order chi connectivity index (χ1) is 8.65. The molecule has 1 aromatic rings. The van der Waals surface area contributed by atoms with Gasteiger partial charge in [-0.1, -0.05) is 15.9 Å². The summed E-state index contributed by atoms with van der Waals surface area (Å²) in [6.45, 7) is 1.02. The second-order valence-corrected chi connectivity index (χ2v) is 5.18. The number of hydrogen-bond donors (Lipinski definition) is 1. The highest BCUT2D eigenvalue weighted by Gasteiger charge is 2.34. The van der Waals surface area contributed by atoms with Crippen LogP contribution in [0, 0.1) is 11.3 Å². The molecule has 1 aliphatic heterocycles. The molecule has 0 radical (unpaired) electrons. The highest BCUT2D eigenvalue weighted by molar-refractivity contribution is 9.10. The Morgan fingerprint density at radius 2 is 1.94 bits per heavy atom. The molecule has 5 heteroatoms. The Morgan fingerprint density at radius 3 is 2.50 bits per heavy atom. The fourth-order valence-electron chi connectivity index (χ4n) is 1.88. The van der Waals surface area contributed by atoms with Crippen LogP contribution in [0.3, 0.4) is 0 Å². The molecular formula is C13H13BrN2O2. The van der Waals surface area contributed by atoms with Crippen LogP contribution >= 0.6 is 15.9 Å². The summed E-state index contributed by atoms with van der Waals surface area (Å²) in [5.41, 5.74) is -0.234. The lowest BCUT2D eigenvalue weighted by atomic mass is 9.91. The second-order valence-electron chi connectivity index (χ2n) is 4.27. The summed E-state index contributed by atoms with van der Waals surface area (Å²) in [7, 11) is 0. The summed E-state index contributed by atoms with van der Waals surface area (Å²) in [4.78, 5) is 12.1. The molecule has 1 amide bonds. The van der Waals surface area contributed by atoms with Crippen molar-refractivity contribution in [2.45, 2.75) is 18.4 Å². The van der Waals surface area contributed by atoms with Gasteiger partial charge in [0.2, 0.25) is 0 Å².